The van der Waals surface area contributed by atoms with Crippen molar-refractivity contribution >= 4 is 17.0 Å². The van der Waals surface area contributed by atoms with E-state index in [4.69, 9.17) is 9.47 Å². The van der Waals surface area contributed by atoms with Crippen molar-refractivity contribution in [1.82, 2.24) is 9.55 Å². The van der Waals surface area contributed by atoms with E-state index in [1.54, 1.807) is 0 Å². The number of aromatic nitrogens is 2. The Hall–Kier alpha value is -2.82. The third kappa shape index (κ3) is 2.33. The number of ether oxygens (including phenoxy) is 2. The Morgan fingerprint density at radius 1 is 1.19 bits per heavy atom. The SMILES string of the molecule is COC(=O)c1cnc2c(ccn2C)c1Oc1ccccc1. The molecule has 5 heteroatoms. The zero-order valence-corrected chi connectivity index (χ0v) is 11.7. The van der Waals surface area contributed by atoms with Crippen LogP contribution in [0.5, 0.6) is 11.5 Å². The average molecular weight is 282 g/mol. The van der Waals surface area contributed by atoms with Gasteiger partial charge in [-0.3, -0.25) is 0 Å². The molecule has 21 heavy (non-hydrogen) atoms. The van der Waals surface area contributed by atoms with E-state index in [0.29, 0.717) is 17.1 Å². The highest BCUT2D eigenvalue weighted by molar-refractivity contribution is 5.99. The highest BCUT2D eigenvalue weighted by Gasteiger charge is 2.19. The largest absolute Gasteiger partial charge is 0.465 e. The van der Waals surface area contributed by atoms with Gasteiger partial charge in [0, 0.05) is 19.4 Å². The molecule has 0 atom stereocenters. The second-order valence-corrected chi connectivity index (χ2v) is 4.57. The molecule has 0 N–H and O–H groups in total. The Morgan fingerprint density at radius 2 is 1.95 bits per heavy atom. The molecule has 0 aliphatic heterocycles. The number of hydrogen-bond donors (Lipinski definition) is 0. The lowest BCUT2D eigenvalue weighted by atomic mass is 10.2. The molecular weight excluding hydrogens is 268 g/mol. The molecule has 3 rings (SSSR count). The molecule has 0 unspecified atom stereocenters. The Balaban J connectivity index is 2.18. The van der Waals surface area contributed by atoms with Gasteiger partial charge in [0.25, 0.3) is 0 Å². The van der Waals surface area contributed by atoms with Crippen LogP contribution in [0.1, 0.15) is 10.4 Å². The fourth-order valence-corrected chi connectivity index (χ4v) is 2.16. The van der Waals surface area contributed by atoms with E-state index in [1.807, 2.05) is 54.2 Å². The average Bonchev–Trinajstić information content (AvgIpc) is 2.90. The fraction of sp³-hybridized carbons (Fsp3) is 0.125. The van der Waals surface area contributed by atoms with Gasteiger partial charge in [-0.25, -0.2) is 9.78 Å². The Kier molecular flexibility index (Phi) is 3.31. The zero-order valence-electron chi connectivity index (χ0n) is 11.7. The lowest BCUT2D eigenvalue weighted by Gasteiger charge is -2.11. The van der Waals surface area contributed by atoms with Crippen molar-refractivity contribution in [3.05, 3.63) is 54.4 Å². The molecule has 5 nitrogen and oxygen atoms in total. The Bertz CT molecular complexity index is 794. The lowest BCUT2D eigenvalue weighted by molar-refractivity contribution is 0.0597. The van der Waals surface area contributed by atoms with Crippen LogP contribution in [0.2, 0.25) is 0 Å². The number of nitrogens with zero attached hydrogens (tertiary/aromatic N) is 2. The Labute approximate surface area is 121 Å². The summed E-state index contributed by atoms with van der Waals surface area (Å²) in [7, 11) is 3.23. The molecule has 0 saturated carbocycles. The zero-order chi connectivity index (χ0) is 14.8. The maximum Gasteiger partial charge on any atom is 0.343 e. The number of aryl methyl sites for hydroxylation is 1. The molecule has 0 saturated heterocycles. The van der Waals surface area contributed by atoms with Crippen molar-refractivity contribution < 1.29 is 14.3 Å². The van der Waals surface area contributed by atoms with Gasteiger partial charge in [-0.05, 0) is 18.2 Å². The monoisotopic (exact) mass is 282 g/mol. The van der Waals surface area contributed by atoms with Crippen molar-refractivity contribution in [2.75, 3.05) is 7.11 Å². The highest BCUT2D eigenvalue weighted by atomic mass is 16.5. The number of fused-ring (bicyclic) bond motifs is 1. The van der Waals surface area contributed by atoms with Crippen LogP contribution in [0.4, 0.5) is 0 Å². The van der Waals surface area contributed by atoms with Gasteiger partial charge in [-0.15, -0.1) is 0 Å². The number of benzene rings is 1. The van der Waals surface area contributed by atoms with Gasteiger partial charge in [-0.1, -0.05) is 18.2 Å². The highest BCUT2D eigenvalue weighted by Crippen LogP contribution is 2.33. The third-order valence-electron chi connectivity index (χ3n) is 3.21. The quantitative estimate of drug-likeness (QED) is 0.692. The van der Waals surface area contributed by atoms with E-state index in [-0.39, 0.29) is 0 Å². The molecule has 0 aliphatic rings. The summed E-state index contributed by atoms with van der Waals surface area (Å²) in [5.41, 5.74) is 1.05. The molecule has 0 bridgehead atoms. The molecule has 0 spiro atoms. The number of carbonyl (C=O) groups excluding carboxylic acids is 1. The van der Waals surface area contributed by atoms with Crippen LogP contribution in [0.25, 0.3) is 11.0 Å². The maximum atomic E-state index is 11.9. The van der Waals surface area contributed by atoms with Gasteiger partial charge in [-0.2, -0.15) is 0 Å². The van der Waals surface area contributed by atoms with E-state index in [1.165, 1.54) is 13.3 Å². The molecule has 2 aromatic heterocycles. The van der Waals surface area contributed by atoms with E-state index < -0.39 is 5.97 Å². The number of esters is 1. The van der Waals surface area contributed by atoms with Crippen molar-refractivity contribution in [3.8, 4) is 11.5 Å². The first-order valence-electron chi connectivity index (χ1n) is 6.46. The van der Waals surface area contributed by atoms with Gasteiger partial charge in [0.05, 0.1) is 12.5 Å². The predicted octanol–water partition coefficient (Wildman–Crippen LogP) is 3.15. The minimum Gasteiger partial charge on any atom is -0.465 e. The number of para-hydroxylation sites is 1. The number of pyridine rings is 1. The van der Waals surface area contributed by atoms with Gasteiger partial charge >= 0.3 is 5.97 Å². The van der Waals surface area contributed by atoms with Gasteiger partial charge in [0.1, 0.15) is 17.0 Å². The van der Waals surface area contributed by atoms with E-state index >= 15 is 0 Å². The van der Waals surface area contributed by atoms with Gasteiger partial charge < -0.3 is 14.0 Å². The molecule has 0 radical (unpaired) electrons. The first kappa shape index (κ1) is 13.2. The summed E-state index contributed by atoms with van der Waals surface area (Å²) in [4.78, 5) is 16.2. The summed E-state index contributed by atoms with van der Waals surface area (Å²) in [5.74, 6) is 0.636. The minimum atomic E-state index is -0.473. The van der Waals surface area contributed by atoms with Crippen LogP contribution in [0.3, 0.4) is 0 Å². The number of rotatable bonds is 3. The van der Waals surface area contributed by atoms with Crippen LogP contribution in [-0.4, -0.2) is 22.6 Å². The predicted molar refractivity (Wildman–Crippen MR) is 78.6 cm³/mol. The molecule has 1 aromatic carbocycles. The molecule has 0 fully saturated rings. The number of carbonyl (C=O) groups is 1. The van der Waals surface area contributed by atoms with Crippen molar-refractivity contribution in [1.29, 1.82) is 0 Å². The van der Waals surface area contributed by atoms with E-state index in [0.717, 1.165) is 11.0 Å². The first-order chi connectivity index (χ1) is 10.2. The van der Waals surface area contributed by atoms with Crippen LogP contribution in [-0.2, 0) is 11.8 Å². The van der Waals surface area contributed by atoms with Gasteiger partial charge in [0.2, 0.25) is 0 Å². The molecule has 2 heterocycles. The molecule has 3 aromatic rings. The molecular formula is C16H14N2O3. The standard InChI is InChI=1S/C16H14N2O3/c1-18-9-8-12-14(21-11-6-4-3-5-7-11)13(16(19)20-2)10-17-15(12)18/h3-10H,1-2H3. The summed E-state index contributed by atoms with van der Waals surface area (Å²) in [6, 6.07) is 11.2. The fourth-order valence-electron chi connectivity index (χ4n) is 2.16. The van der Waals surface area contributed by atoms with Crippen LogP contribution in [0.15, 0.2) is 48.8 Å². The Morgan fingerprint density at radius 3 is 2.67 bits per heavy atom. The molecule has 106 valence electrons. The normalized spacial score (nSPS) is 10.6. The number of methoxy groups -OCH3 is 1. The van der Waals surface area contributed by atoms with E-state index in [9.17, 15) is 4.79 Å². The summed E-state index contributed by atoms with van der Waals surface area (Å²) >= 11 is 0. The van der Waals surface area contributed by atoms with Crippen LogP contribution < -0.4 is 4.74 Å². The maximum absolute atomic E-state index is 11.9. The van der Waals surface area contributed by atoms with Crippen molar-refractivity contribution in [2.24, 2.45) is 7.05 Å². The van der Waals surface area contributed by atoms with Crippen molar-refractivity contribution in [2.45, 2.75) is 0 Å². The number of hydrogen-bond acceptors (Lipinski definition) is 4. The summed E-state index contributed by atoms with van der Waals surface area (Å²) < 4.78 is 12.6. The minimum absolute atomic E-state index is 0.306. The summed E-state index contributed by atoms with van der Waals surface area (Å²) in [5, 5.41) is 0.768. The lowest BCUT2D eigenvalue weighted by Crippen LogP contribution is -2.05. The topological polar surface area (TPSA) is 53.3 Å². The molecule has 0 amide bonds. The van der Waals surface area contributed by atoms with Crippen LogP contribution in [0, 0.1) is 0 Å². The summed E-state index contributed by atoms with van der Waals surface area (Å²) in [6.07, 6.45) is 3.35. The molecule has 0 aliphatic carbocycles. The van der Waals surface area contributed by atoms with E-state index in [2.05, 4.69) is 4.98 Å². The van der Waals surface area contributed by atoms with Crippen LogP contribution >= 0.6 is 0 Å². The second kappa shape index (κ2) is 5.28. The van der Waals surface area contributed by atoms with Gasteiger partial charge in [0.15, 0.2) is 5.75 Å². The summed E-state index contributed by atoms with van der Waals surface area (Å²) in [6.45, 7) is 0. The van der Waals surface area contributed by atoms with Crippen molar-refractivity contribution in [3.63, 3.8) is 0 Å². The smallest absolute Gasteiger partial charge is 0.343 e. The first-order valence-corrected chi connectivity index (χ1v) is 6.46. The second-order valence-electron chi connectivity index (χ2n) is 4.57. The third-order valence-corrected chi connectivity index (χ3v) is 3.21.